The Bertz CT molecular complexity index is 793. The molecule has 5 heteroatoms. The Morgan fingerprint density at radius 2 is 1.44 bits per heavy atom. The van der Waals surface area contributed by atoms with E-state index in [0.717, 1.165) is 28.4 Å². The maximum absolute atomic E-state index is 7.17. The van der Waals surface area contributed by atoms with Crippen LogP contribution in [0.4, 0.5) is 0 Å². The van der Waals surface area contributed by atoms with E-state index in [9.17, 15) is 0 Å². The monoisotopic (exact) mass is 329 g/mol. The first-order chi connectivity index (χ1) is 12.3. The van der Waals surface area contributed by atoms with Gasteiger partial charge in [-0.3, -0.25) is 0 Å². The van der Waals surface area contributed by atoms with Gasteiger partial charge in [-0.25, -0.2) is 9.98 Å². The number of nitrogens with two attached hydrogens (primary N) is 1. The largest absolute Gasteiger partial charge is 0.404 e. The average Bonchev–Trinajstić information content (AvgIpc) is 2.70. The standard InChI is InChI=1S/C20H19N5/c21-13-7-12-17(14-22)20-24-18(15-8-3-1-4-9-15)23-19(25-20)16-10-5-2-6-11-16/h1-14,20-21H,22H2,(H,23,24,25). The van der Waals surface area contributed by atoms with E-state index < -0.39 is 6.17 Å². The van der Waals surface area contributed by atoms with E-state index in [2.05, 4.69) is 5.32 Å². The normalized spacial score (nSPS) is 15.4. The molecule has 0 spiro atoms. The first-order valence-electron chi connectivity index (χ1n) is 7.94. The summed E-state index contributed by atoms with van der Waals surface area (Å²) in [6.07, 6.45) is 5.58. The highest BCUT2D eigenvalue weighted by molar-refractivity contribution is 6.16. The number of hydrogen-bond donors (Lipinski definition) is 3. The number of nitrogens with zero attached hydrogens (tertiary/aromatic N) is 2. The fraction of sp³-hybridized carbons (Fsp3) is 0.0500. The van der Waals surface area contributed by atoms with E-state index in [-0.39, 0.29) is 0 Å². The van der Waals surface area contributed by atoms with Gasteiger partial charge in [0.05, 0.1) is 0 Å². The van der Waals surface area contributed by atoms with Crippen LogP contribution in [0.1, 0.15) is 11.1 Å². The van der Waals surface area contributed by atoms with Crippen molar-refractivity contribution in [1.29, 1.82) is 5.41 Å². The zero-order valence-corrected chi connectivity index (χ0v) is 13.6. The summed E-state index contributed by atoms with van der Waals surface area (Å²) >= 11 is 0. The lowest BCUT2D eigenvalue weighted by atomic mass is 10.1. The maximum Gasteiger partial charge on any atom is 0.171 e. The Morgan fingerprint density at radius 1 is 0.920 bits per heavy atom. The summed E-state index contributed by atoms with van der Waals surface area (Å²) in [5.41, 5.74) is 8.44. The number of nitrogens with one attached hydrogen (secondary N) is 2. The molecule has 0 amide bonds. The van der Waals surface area contributed by atoms with Crippen LogP contribution in [-0.2, 0) is 0 Å². The second-order valence-electron chi connectivity index (χ2n) is 5.38. The van der Waals surface area contributed by atoms with Gasteiger partial charge in [-0.2, -0.15) is 0 Å². The fourth-order valence-electron chi connectivity index (χ4n) is 2.47. The molecule has 2 aromatic rings. The van der Waals surface area contributed by atoms with Crippen LogP contribution in [0.2, 0.25) is 0 Å². The molecule has 3 rings (SSSR count). The average molecular weight is 329 g/mol. The van der Waals surface area contributed by atoms with Crippen molar-refractivity contribution in [2.45, 2.75) is 6.17 Å². The van der Waals surface area contributed by atoms with Crippen LogP contribution in [0.25, 0.3) is 0 Å². The van der Waals surface area contributed by atoms with Crippen molar-refractivity contribution in [2.75, 3.05) is 0 Å². The Labute approximate surface area is 146 Å². The highest BCUT2D eigenvalue weighted by Gasteiger charge is 2.20. The van der Waals surface area contributed by atoms with Crippen LogP contribution in [0.3, 0.4) is 0 Å². The van der Waals surface area contributed by atoms with Gasteiger partial charge in [0.25, 0.3) is 0 Å². The van der Waals surface area contributed by atoms with Gasteiger partial charge in [-0.05, 0) is 6.08 Å². The molecule has 2 aromatic carbocycles. The molecule has 1 aliphatic heterocycles. The second kappa shape index (κ2) is 7.88. The highest BCUT2D eigenvalue weighted by atomic mass is 15.2. The summed E-state index contributed by atoms with van der Waals surface area (Å²) in [6.45, 7) is 0. The van der Waals surface area contributed by atoms with Crippen molar-refractivity contribution >= 4 is 17.9 Å². The highest BCUT2D eigenvalue weighted by Crippen LogP contribution is 2.17. The van der Waals surface area contributed by atoms with Crippen LogP contribution in [-0.4, -0.2) is 24.1 Å². The molecule has 1 aliphatic rings. The number of amidine groups is 2. The molecule has 5 nitrogen and oxygen atoms in total. The molecular formula is C20H19N5. The van der Waals surface area contributed by atoms with Crippen molar-refractivity contribution in [3.05, 3.63) is 95.7 Å². The summed E-state index contributed by atoms with van der Waals surface area (Å²) in [4.78, 5) is 9.39. The predicted molar refractivity (Wildman–Crippen MR) is 103 cm³/mol. The number of rotatable bonds is 5. The third-order valence-electron chi connectivity index (χ3n) is 3.71. The molecule has 1 heterocycles. The van der Waals surface area contributed by atoms with E-state index in [4.69, 9.17) is 21.1 Å². The molecule has 0 unspecified atom stereocenters. The van der Waals surface area contributed by atoms with Gasteiger partial charge < -0.3 is 16.5 Å². The molecule has 124 valence electrons. The lowest BCUT2D eigenvalue weighted by Crippen LogP contribution is -2.38. The van der Waals surface area contributed by atoms with Gasteiger partial charge in [0.1, 0.15) is 11.7 Å². The van der Waals surface area contributed by atoms with Crippen molar-refractivity contribution < 1.29 is 0 Å². The lowest BCUT2D eigenvalue weighted by molar-refractivity contribution is 0.812. The zero-order valence-electron chi connectivity index (χ0n) is 13.6. The van der Waals surface area contributed by atoms with E-state index in [1.165, 1.54) is 12.4 Å². The number of allylic oxidation sites excluding steroid dienone is 1. The number of aliphatic imine (C=N–C) groups is 2. The van der Waals surface area contributed by atoms with Gasteiger partial charge in [-0.1, -0.05) is 66.7 Å². The quantitative estimate of drug-likeness (QED) is 0.582. The fourth-order valence-corrected chi connectivity index (χ4v) is 2.47. The van der Waals surface area contributed by atoms with Crippen LogP contribution >= 0.6 is 0 Å². The molecule has 25 heavy (non-hydrogen) atoms. The topological polar surface area (TPSA) is 86.6 Å². The van der Waals surface area contributed by atoms with Crippen LogP contribution < -0.4 is 11.1 Å². The van der Waals surface area contributed by atoms with Gasteiger partial charge in [0, 0.05) is 29.1 Å². The predicted octanol–water partition coefficient (Wildman–Crippen LogP) is 2.86. The first-order valence-corrected chi connectivity index (χ1v) is 7.94. The Balaban J connectivity index is 2.03. The van der Waals surface area contributed by atoms with Crippen molar-refractivity contribution in [1.82, 2.24) is 5.32 Å². The smallest absolute Gasteiger partial charge is 0.171 e. The summed E-state index contributed by atoms with van der Waals surface area (Å²) in [5.74, 6) is 1.48. The molecule has 0 aliphatic carbocycles. The summed E-state index contributed by atoms with van der Waals surface area (Å²) in [7, 11) is 0. The van der Waals surface area contributed by atoms with Crippen molar-refractivity contribution in [3.8, 4) is 0 Å². The van der Waals surface area contributed by atoms with E-state index in [1.807, 2.05) is 60.7 Å². The van der Waals surface area contributed by atoms with Gasteiger partial charge >= 0.3 is 0 Å². The second-order valence-corrected chi connectivity index (χ2v) is 5.38. The minimum Gasteiger partial charge on any atom is -0.404 e. The third kappa shape index (κ3) is 3.90. The zero-order chi connectivity index (χ0) is 17.5. The SMILES string of the molecule is N=CC=CC(=CN)C1N=C(c2ccccc2)NC(c2ccccc2)=N1. The van der Waals surface area contributed by atoms with E-state index >= 15 is 0 Å². The maximum atomic E-state index is 7.17. The Hall–Kier alpha value is -3.47. The van der Waals surface area contributed by atoms with Gasteiger partial charge in [-0.15, -0.1) is 0 Å². The number of hydrogen-bond acceptors (Lipinski definition) is 5. The van der Waals surface area contributed by atoms with E-state index in [0.29, 0.717) is 0 Å². The summed E-state index contributed by atoms with van der Waals surface area (Å²) in [6, 6.07) is 19.8. The summed E-state index contributed by atoms with van der Waals surface area (Å²) in [5, 5.41) is 10.5. The molecule has 0 fully saturated rings. The molecule has 0 radical (unpaired) electrons. The lowest BCUT2D eigenvalue weighted by Gasteiger charge is -2.22. The molecule has 0 aromatic heterocycles. The van der Waals surface area contributed by atoms with E-state index in [1.54, 1.807) is 12.2 Å². The summed E-state index contributed by atoms with van der Waals surface area (Å²) < 4.78 is 0. The molecule has 0 atom stereocenters. The van der Waals surface area contributed by atoms with Crippen LogP contribution in [0.5, 0.6) is 0 Å². The minimum absolute atomic E-state index is 0.465. The number of benzene rings is 2. The molecule has 0 saturated heterocycles. The van der Waals surface area contributed by atoms with Crippen LogP contribution in [0.15, 0.2) is 94.6 Å². The van der Waals surface area contributed by atoms with Crippen molar-refractivity contribution in [3.63, 3.8) is 0 Å². The van der Waals surface area contributed by atoms with Crippen LogP contribution in [0, 0.1) is 5.41 Å². The minimum atomic E-state index is -0.465. The molecule has 0 bridgehead atoms. The van der Waals surface area contributed by atoms with Gasteiger partial charge in [0.2, 0.25) is 0 Å². The third-order valence-corrected chi connectivity index (χ3v) is 3.71. The first kappa shape index (κ1) is 16.4. The van der Waals surface area contributed by atoms with Crippen molar-refractivity contribution in [2.24, 2.45) is 15.7 Å². The molecule has 4 N–H and O–H groups in total. The van der Waals surface area contributed by atoms with Gasteiger partial charge in [0.15, 0.2) is 6.17 Å². The Kier molecular flexibility index (Phi) is 5.16. The molecule has 0 saturated carbocycles. The molecular weight excluding hydrogens is 310 g/mol. The Morgan fingerprint density at radius 3 is 1.88 bits per heavy atom.